The molecule has 1 aromatic rings. The fraction of sp³-hybridized carbons (Fsp3) is 0.250. The third kappa shape index (κ3) is 2.68. The third-order valence-corrected chi connectivity index (χ3v) is 2.44. The Kier molecular flexibility index (Phi) is 3.43. The summed E-state index contributed by atoms with van der Waals surface area (Å²) in [5.41, 5.74) is 0. The number of halogens is 1. The number of hydrogen-bond donors (Lipinski definition) is 1. The average molecular weight is 219 g/mol. The van der Waals surface area contributed by atoms with Crippen molar-refractivity contribution in [1.29, 1.82) is 0 Å². The number of ether oxygens (including phenoxy) is 1. The zero-order chi connectivity index (χ0) is 10.6. The summed E-state index contributed by atoms with van der Waals surface area (Å²) in [6, 6.07) is 5.84. The molecular weight excluding hydrogens is 209 g/mol. The van der Waals surface area contributed by atoms with Crippen LogP contribution in [0.15, 0.2) is 29.2 Å². The molecule has 1 aromatic carbocycles. The van der Waals surface area contributed by atoms with Crippen LogP contribution in [0.4, 0.5) is 4.39 Å². The molecule has 0 atom stereocenters. The summed E-state index contributed by atoms with van der Waals surface area (Å²) in [6.07, 6.45) is 0. The van der Waals surface area contributed by atoms with E-state index in [1.807, 2.05) is 0 Å². The van der Waals surface area contributed by atoms with Gasteiger partial charge in [0, 0.05) is 0 Å². The van der Waals surface area contributed by atoms with Gasteiger partial charge in [0.05, 0.1) is 0 Å². The van der Waals surface area contributed by atoms with Gasteiger partial charge in [0.15, 0.2) is 0 Å². The number of sulfonamides is 1. The molecule has 14 heavy (non-hydrogen) atoms. The predicted octanol–water partition coefficient (Wildman–Crippen LogP) is 0.682. The van der Waals surface area contributed by atoms with E-state index in [0.717, 1.165) is 0 Å². The summed E-state index contributed by atoms with van der Waals surface area (Å²) in [7, 11) is -3.81. The van der Waals surface area contributed by atoms with E-state index in [1.165, 1.54) is 18.2 Å². The van der Waals surface area contributed by atoms with Crippen LogP contribution in [0, 0.1) is 0 Å². The van der Waals surface area contributed by atoms with Gasteiger partial charge in [0.25, 0.3) is 0 Å². The fourth-order valence-corrected chi connectivity index (χ4v) is 1.63. The molecule has 2 N–H and O–H groups in total. The molecule has 0 aliphatic carbocycles. The van der Waals surface area contributed by atoms with E-state index in [9.17, 15) is 12.8 Å². The second-order valence-electron chi connectivity index (χ2n) is 2.53. The normalized spacial score (nSPS) is 11.3. The lowest BCUT2D eigenvalue weighted by atomic mass is 10.3. The smallest absolute Gasteiger partial charge is 0.241 e. The van der Waals surface area contributed by atoms with Crippen molar-refractivity contribution in [2.24, 2.45) is 5.14 Å². The topological polar surface area (TPSA) is 69.4 Å². The first kappa shape index (κ1) is 10.9. The number of primary sulfonamides is 1. The lowest BCUT2D eigenvalue weighted by Crippen LogP contribution is -2.14. The molecular formula is C8H10FNO3S. The first-order valence-electron chi connectivity index (χ1n) is 3.86. The minimum absolute atomic E-state index is 0.0765. The lowest BCUT2D eigenvalue weighted by Gasteiger charge is -2.07. The van der Waals surface area contributed by atoms with Crippen LogP contribution in [0.5, 0.6) is 5.75 Å². The van der Waals surface area contributed by atoms with E-state index in [4.69, 9.17) is 9.88 Å². The summed E-state index contributed by atoms with van der Waals surface area (Å²) < 4.78 is 38.7. The van der Waals surface area contributed by atoms with Crippen LogP contribution >= 0.6 is 0 Å². The van der Waals surface area contributed by atoms with E-state index in [1.54, 1.807) is 6.07 Å². The maximum Gasteiger partial charge on any atom is 0.241 e. The number of para-hydroxylation sites is 1. The molecule has 0 aromatic heterocycles. The van der Waals surface area contributed by atoms with E-state index in [2.05, 4.69) is 0 Å². The number of hydrogen-bond acceptors (Lipinski definition) is 3. The molecule has 0 heterocycles. The van der Waals surface area contributed by atoms with Gasteiger partial charge in [0.1, 0.15) is 23.9 Å². The first-order valence-corrected chi connectivity index (χ1v) is 5.41. The molecule has 0 aliphatic rings. The highest BCUT2D eigenvalue weighted by atomic mass is 32.2. The van der Waals surface area contributed by atoms with E-state index in [-0.39, 0.29) is 17.3 Å². The molecule has 0 spiro atoms. The van der Waals surface area contributed by atoms with Gasteiger partial charge in [-0.2, -0.15) is 0 Å². The highest BCUT2D eigenvalue weighted by molar-refractivity contribution is 7.89. The molecule has 4 nitrogen and oxygen atoms in total. The standard InChI is InChI=1S/C8H10FNO3S/c9-5-6-13-7-3-1-2-4-8(7)14(10,11)12/h1-4H,5-6H2,(H2,10,11,12). The summed E-state index contributed by atoms with van der Waals surface area (Å²) in [5.74, 6) is 0.0765. The molecule has 6 heteroatoms. The molecule has 1 rings (SSSR count). The van der Waals surface area contributed by atoms with Gasteiger partial charge in [-0.05, 0) is 12.1 Å². The summed E-state index contributed by atoms with van der Waals surface area (Å²) in [5, 5.41) is 4.93. The molecule has 0 fully saturated rings. The monoisotopic (exact) mass is 219 g/mol. The SMILES string of the molecule is NS(=O)(=O)c1ccccc1OCCF. The fourth-order valence-electron chi connectivity index (χ4n) is 0.953. The van der Waals surface area contributed by atoms with Crippen LogP contribution in [-0.4, -0.2) is 21.7 Å². The van der Waals surface area contributed by atoms with E-state index in [0.29, 0.717) is 0 Å². The Morgan fingerprint density at radius 3 is 2.57 bits per heavy atom. The number of alkyl halides is 1. The number of nitrogens with two attached hydrogens (primary N) is 1. The maximum absolute atomic E-state index is 11.8. The average Bonchev–Trinajstić information content (AvgIpc) is 2.14. The van der Waals surface area contributed by atoms with Crippen LogP contribution in [0.3, 0.4) is 0 Å². The first-order chi connectivity index (χ1) is 6.55. The predicted molar refractivity (Wildman–Crippen MR) is 49.3 cm³/mol. The Bertz CT molecular complexity index is 405. The molecule has 0 saturated carbocycles. The van der Waals surface area contributed by atoms with Gasteiger partial charge < -0.3 is 4.74 Å². The van der Waals surface area contributed by atoms with E-state index < -0.39 is 16.7 Å². The molecule has 0 saturated heterocycles. The molecule has 0 bridgehead atoms. The van der Waals surface area contributed by atoms with Crippen molar-refractivity contribution >= 4 is 10.0 Å². The molecule has 0 radical (unpaired) electrons. The van der Waals surface area contributed by atoms with Gasteiger partial charge in [-0.1, -0.05) is 12.1 Å². The van der Waals surface area contributed by atoms with Gasteiger partial charge in [-0.3, -0.25) is 0 Å². The van der Waals surface area contributed by atoms with Crippen molar-refractivity contribution < 1.29 is 17.5 Å². The summed E-state index contributed by atoms with van der Waals surface area (Å²) in [4.78, 5) is -0.131. The van der Waals surface area contributed by atoms with Crippen LogP contribution in [-0.2, 0) is 10.0 Å². The molecule has 0 amide bonds. The Hall–Kier alpha value is -1.14. The zero-order valence-electron chi connectivity index (χ0n) is 7.31. The highest BCUT2D eigenvalue weighted by Crippen LogP contribution is 2.21. The largest absolute Gasteiger partial charge is 0.489 e. The van der Waals surface area contributed by atoms with Crippen molar-refractivity contribution in [1.82, 2.24) is 0 Å². The summed E-state index contributed by atoms with van der Waals surface area (Å²) >= 11 is 0. The minimum atomic E-state index is -3.81. The van der Waals surface area contributed by atoms with Crippen LogP contribution in [0.25, 0.3) is 0 Å². The Labute approximate surface area is 81.5 Å². The highest BCUT2D eigenvalue weighted by Gasteiger charge is 2.13. The number of rotatable bonds is 4. The van der Waals surface area contributed by atoms with Crippen LogP contribution in [0.2, 0.25) is 0 Å². The lowest BCUT2D eigenvalue weighted by molar-refractivity contribution is 0.267. The molecule has 78 valence electrons. The van der Waals surface area contributed by atoms with Crippen LogP contribution < -0.4 is 9.88 Å². The molecule has 0 aliphatic heterocycles. The van der Waals surface area contributed by atoms with Crippen molar-refractivity contribution in [3.63, 3.8) is 0 Å². The van der Waals surface area contributed by atoms with Crippen molar-refractivity contribution in [3.8, 4) is 5.75 Å². The van der Waals surface area contributed by atoms with Crippen LogP contribution in [0.1, 0.15) is 0 Å². The Balaban J connectivity index is 3.04. The maximum atomic E-state index is 11.8. The third-order valence-electron chi connectivity index (χ3n) is 1.49. The quantitative estimate of drug-likeness (QED) is 0.809. The Morgan fingerprint density at radius 1 is 1.36 bits per heavy atom. The second-order valence-corrected chi connectivity index (χ2v) is 4.06. The van der Waals surface area contributed by atoms with Crippen molar-refractivity contribution in [3.05, 3.63) is 24.3 Å². The minimum Gasteiger partial charge on any atom is -0.489 e. The van der Waals surface area contributed by atoms with Crippen molar-refractivity contribution in [2.75, 3.05) is 13.3 Å². The summed E-state index contributed by atoms with van der Waals surface area (Å²) in [6.45, 7) is -0.870. The van der Waals surface area contributed by atoms with Gasteiger partial charge >= 0.3 is 0 Å². The van der Waals surface area contributed by atoms with Gasteiger partial charge in [-0.15, -0.1) is 0 Å². The zero-order valence-corrected chi connectivity index (χ0v) is 8.13. The van der Waals surface area contributed by atoms with E-state index >= 15 is 0 Å². The Morgan fingerprint density at radius 2 is 2.00 bits per heavy atom. The van der Waals surface area contributed by atoms with Gasteiger partial charge in [0.2, 0.25) is 10.0 Å². The number of benzene rings is 1. The van der Waals surface area contributed by atoms with Gasteiger partial charge in [-0.25, -0.2) is 17.9 Å². The van der Waals surface area contributed by atoms with Crippen molar-refractivity contribution in [2.45, 2.75) is 4.90 Å². The molecule has 0 unspecified atom stereocenters. The second kappa shape index (κ2) is 4.39.